The number of nitrogens with two attached hydrogens (primary N) is 1. The van der Waals surface area contributed by atoms with Gasteiger partial charge >= 0.3 is 0 Å². The summed E-state index contributed by atoms with van der Waals surface area (Å²) in [5.74, 6) is -0.0984. The van der Waals surface area contributed by atoms with Gasteiger partial charge in [0.15, 0.2) is 0 Å². The Bertz CT molecular complexity index is 519. The van der Waals surface area contributed by atoms with Gasteiger partial charge in [0.1, 0.15) is 0 Å². The van der Waals surface area contributed by atoms with Gasteiger partial charge in [-0.25, -0.2) is 0 Å². The maximum absolute atomic E-state index is 12.2. The average Bonchev–Trinajstić information content (AvgIpc) is 2.53. The van der Waals surface area contributed by atoms with E-state index in [-0.39, 0.29) is 11.3 Å². The van der Waals surface area contributed by atoms with Crippen molar-refractivity contribution < 1.29 is 9.53 Å². The van der Waals surface area contributed by atoms with E-state index in [1.165, 1.54) is 5.56 Å². The Labute approximate surface area is 139 Å². The lowest BCUT2D eigenvalue weighted by molar-refractivity contribution is -0.124. The van der Waals surface area contributed by atoms with E-state index >= 15 is 0 Å². The molecular weight excluding hydrogens is 290 g/mol. The molecule has 1 aromatic carbocycles. The molecule has 2 rings (SSSR count). The van der Waals surface area contributed by atoms with Crippen LogP contribution in [-0.4, -0.2) is 43.2 Å². The highest BCUT2D eigenvalue weighted by molar-refractivity contribution is 5.82. The molecule has 5 heteroatoms. The molecule has 1 aliphatic heterocycles. The molecule has 5 nitrogen and oxygen atoms in total. The summed E-state index contributed by atoms with van der Waals surface area (Å²) in [5.41, 5.74) is 8.17. The smallest absolute Gasteiger partial charge is 0.237 e. The van der Waals surface area contributed by atoms with Crippen LogP contribution in [0.1, 0.15) is 31.9 Å². The standard InChI is InChI=1S/C18H29N3O2/c1-18(2,3)16(19)17(22)20-12-14-6-4-5-7-15(14)13-21-8-10-23-11-9-21/h4-7,16H,8-13,19H2,1-3H3,(H,20,22)/t16-/m1/s1. The summed E-state index contributed by atoms with van der Waals surface area (Å²) in [6.45, 7) is 10.8. The van der Waals surface area contributed by atoms with Gasteiger partial charge in [0.05, 0.1) is 19.3 Å². The van der Waals surface area contributed by atoms with E-state index in [0.29, 0.717) is 6.54 Å². The number of nitrogens with zero attached hydrogens (tertiary/aromatic N) is 1. The Hall–Kier alpha value is -1.43. The van der Waals surface area contributed by atoms with Crippen LogP contribution >= 0.6 is 0 Å². The second-order valence-electron chi connectivity index (χ2n) is 7.22. The minimum absolute atomic E-state index is 0.0984. The van der Waals surface area contributed by atoms with E-state index in [4.69, 9.17) is 10.5 Å². The molecule has 1 aliphatic rings. The zero-order valence-corrected chi connectivity index (χ0v) is 14.5. The molecule has 1 saturated heterocycles. The van der Waals surface area contributed by atoms with Crippen molar-refractivity contribution >= 4 is 5.91 Å². The second-order valence-corrected chi connectivity index (χ2v) is 7.22. The van der Waals surface area contributed by atoms with Gasteiger partial charge in [0.2, 0.25) is 5.91 Å². The first-order valence-electron chi connectivity index (χ1n) is 8.28. The van der Waals surface area contributed by atoms with Crippen molar-refractivity contribution in [3.8, 4) is 0 Å². The van der Waals surface area contributed by atoms with Gasteiger partial charge in [-0.1, -0.05) is 45.0 Å². The van der Waals surface area contributed by atoms with Crippen LogP contribution in [0.3, 0.4) is 0 Å². The Morgan fingerprint density at radius 2 is 1.87 bits per heavy atom. The number of carbonyl (C=O) groups is 1. The monoisotopic (exact) mass is 319 g/mol. The van der Waals surface area contributed by atoms with E-state index in [1.54, 1.807) is 0 Å². The summed E-state index contributed by atoms with van der Waals surface area (Å²) < 4.78 is 5.39. The Kier molecular flexibility index (Phi) is 6.16. The third-order valence-electron chi connectivity index (χ3n) is 4.28. The number of hydrogen-bond donors (Lipinski definition) is 2. The first-order chi connectivity index (χ1) is 10.9. The predicted molar refractivity (Wildman–Crippen MR) is 91.8 cm³/mol. The summed E-state index contributed by atoms with van der Waals surface area (Å²) in [4.78, 5) is 14.6. The largest absolute Gasteiger partial charge is 0.379 e. The molecule has 1 aromatic rings. The van der Waals surface area contributed by atoms with E-state index in [1.807, 2.05) is 32.9 Å². The molecular formula is C18H29N3O2. The molecule has 128 valence electrons. The number of amides is 1. The number of morpholine rings is 1. The van der Waals surface area contributed by atoms with Crippen molar-refractivity contribution in [2.24, 2.45) is 11.1 Å². The lowest BCUT2D eigenvalue weighted by Crippen LogP contribution is -2.48. The number of nitrogens with one attached hydrogen (secondary N) is 1. The third kappa shape index (κ3) is 5.30. The van der Waals surface area contributed by atoms with Crippen LogP contribution in [0.25, 0.3) is 0 Å². The molecule has 0 saturated carbocycles. The number of rotatable bonds is 5. The fourth-order valence-electron chi connectivity index (χ4n) is 2.57. The lowest BCUT2D eigenvalue weighted by Gasteiger charge is -2.28. The minimum atomic E-state index is -0.506. The molecule has 3 N–H and O–H groups in total. The Morgan fingerprint density at radius 1 is 1.26 bits per heavy atom. The number of hydrogen-bond acceptors (Lipinski definition) is 4. The zero-order chi connectivity index (χ0) is 16.9. The summed E-state index contributed by atoms with van der Waals surface area (Å²) >= 11 is 0. The van der Waals surface area contributed by atoms with Crippen LogP contribution in [0.5, 0.6) is 0 Å². The molecule has 0 unspecified atom stereocenters. The van der Waals surface area contributed by atoms with Crippen LogP contribution < -0.4 is 11.1 Å². The van der Waals surface area contributed by atoms with E-state index < -0.39 is 6.04 Å². The predicted octanol–water partition coefficient (Wildman–Crippen LogP) is 1.51. The number of benzene rings is 1. The van der Waals surface area contributed by atoms with Crippen LogP contribution in [0, 0.1) is 5.41 Å². The number of carbonyl (C=O) groups excluding carboxylic acids is 1. The highest BCUT2D eigenvalue weighted by atomic mass is 16.5. The molecule has 1 amide bonds. The van der Waals surface area contributed by atoms with Gasteiger partial charge in [-0.05, 0) is 16.5 Å². The van der Waals surface area contributed by atoms with Crippen molar-refractivity contribution in [2.45, 2.75) is 39.9 Å². The molecule has 23 heavy (non-hydrogen) atoms. The SMILES string of the molecule is CC(C)(C)[C@H](N)C(=O)NCc1ccccc1CN1CCOCC1. The quantitative estimate of drug-likeness (QED) is 0.863. The van der Waals surface area contributed by atoms with Crippen molar-refractivity contribution in [3.05, 3.63) is 35.4 Å². The van der Waals surface area contributed by atoms with Crippen LogP contribution in [0.4, 0.5) is 0 Å². The van der Waals surface area contributed by atoms with Crippen molar-refractivity contribution in [2.75, 3.05) is 26.3 Å². The van der Waals surface area contributed by atoms with Crippen molar-refractivity contribution in [1.29, 1.82) is 0 Å². The second kappa shape index (κ2) is 7.90. The summed E-state index contributed by atoms with van der Waals surface area (Å²) in [7, 11) is 0. The Morgan fingerprint density at radius 3 is 2.48 bits per heavy atom. The first-order valence-corrected chi connectivity index (χ1v) is 8.28. The topological polar surface area (TPSA) is 67.6 Å². The summed E-state index contributed by atoms with van der Waals surface area (Å²) in [6.07, 6.45) is 0. The number of ether oxygens (including phenoxy) is 1. The molecule has 0 spiro atoms. The van der Waals surface area contributed by atoms with Crippen molar-refractivity contribution in [3.63, 3.8) is 0 Å². The molecule has 0 aromatic heterocycles. The fraction of sp³-hybridized carbons (Fsp3) is 0.611. The maximum Gasteiger partial charge on any atom is 0.237 e. The highest BCUT2D eigenvalue weighted by Gasteiger charge is 2.27. The van der Waals surface area contributed by atoms with Gasteiger partial charge in [-0.2, -0.15) is 0 Å². The zero-order valence-electron chi connectivity index (χ0n) is 14.5. The lowest BCUT2D eigenvalue weighted by atomic mass is 9.87. The van der Waals surface area contributed by atoms with Gasteiger partial charge in [-0.3, -0.25) is 9.69 Å². The normalized spacial score (nSPS) is 17.7. The molecule has 1 heterocycles. The van der Waals surface area contributed by atoms with E-state index in [0.717, 1.165) is 38.4 Å². The molecule has 1 atom stereocenters. The van der Waals surface area contributed by atoms with Crippen LogP contribution in [-0.2, 0) is 22.6 Å². The van der Waals surface area contributed by atoms with Crippen LogP contribution in [0.15, 0.2) is 24.3 Å². The first kappa shape index (κ1) is 17.9. The van der Waals surface area contributed by atoms with Gasteiger partial charge in [0, 0.05) is 26.2 Å². The summed E-state index contributed by atoms with van der Waals surface area (Å²) in [6, 6.07) is 7.74. The van der Waals surface area contributed by atoms with Crippen molar-refractivity contribution in [1.82, 2.24) is 10.2 Å². The van der Waals surface area contributed by atoms with Gasteiger partial charge < -0.3 is 15.8 Å². The highest BCUT2D eigenvalue weighted by Crippen LogP contribution is 2.18. The maximum atomic E-state index is 12.2. The van der Waals surface area contributed by atoms with E-state index in [2.05, 4.69) is 22.3 Å². The minimum Gasteiger partial charge on any atom is -0.379 e. The van der Waals surface area contributed by atoms with Crippen LogP contribution in [0.2, 0.25) is 0 Å². The van der Waals surface area contributed by atoms with E-state index in [9.17, 15) is 4.79 Å². The molecule has 0 bridgehead atoms. The average molecular weight is 319 g/mol. The third-order valence-corrected chi connectivity index (χ3v) is 4.28. The Balaban J connectivity index is 1.96. The molecule has 1 fully saturated rings. The van der Waals surface area contributed by atoms with Gasteiger partial charge in [0.25, 0.3) is 0 Å². The van der Waals surface area contributed by atoms with Gasteiger partial charge in [-0.15, -0.1) is 0 Å². The fourth-order valence-corrected chi connectivity index (χ4v) is 2.57. The molecule has 0 radical (unpaired) electrons. The summed E-state index contributed by atoms with van der Waals surface area (Å²) in [5, 5.41) is 2.98. The molecule has 0 aliphatic carbocycles.